The number of rotatable bonds is 10. The van der Waals surface area contributed by atoms with E-state index in [0.29, 0.717) is 18.4 Å². The van der Waals surface area contributed by atoms with Gasteiger partial charge in [-0.3, -0.25) is 0 Å². The number of benzene rings is 1. The Kier molecular flexibility index (Phi) is 7.73. The highest BCUT2D eigenvalue weighted by Crippen LogP contribution is 2.13. The van der Waals surface area contributed by atoms with Gasteiger partial charge in [-0.1, -0.05) is 32.3 Å². The van der Waals surface area contributed by atoms with Gasteiger partial charge in [0.15, 0.2) is 0 Å². The molecule has 0 saturated heterocycles. The Bertz CT molecular complexity index is 406. The van der Waals surface area contributed by atoms with Gasteiger partial charge in [0.2, 0.25) is 0 Å². The molecule has 0 aliphatic rings. The van der Waals surface area contributed by atoms with E-state index in [9.17, 15) is 4.79 Å². The predicted molar refractivity (Wildman–Crippen MR) is 80.5 cm³/mol. The van der Waals surface area contributed by atoms with E-state index in [4.69, 9.17) is 9.84 Å². The Morgan fingerprint density at radius 1 is 1.40 bits per heavy atom. The van der Waals surface area contributed by atoms with Crippen molar-refractivity contribution >= 4 is 5.97 Å². The summed E-state index contributed by atoms with van der Waals surface area (Å²) in [6.45, 7) is 5.70. The summed E-state index contributed by atoms with van der Waals surface area (Å²) in [4.78, 5) is 10.8. The fourth-order valence-electron chi connectivity index (χ4n) is 2.00. The minimum atomic E-state index is -0.932. The first-order valence-corrected chi connectivity index (χ1v) is 7.33. The molecule has 0 fully saturated rings. The number of hydrogen-bond donors (Lipinski definition) is 2. The highest BCUT2D eigenvalue weighted by atomic mass is 16.5. The van der Waals surface area contributed by atoms with Gasteiger partial charge < -0.3 is 15.2 Å². The van der Waals surface area contributed by atoms with Gasteiger partial charge in [-0.25, -0.2) is 4.79 Å². The van der Waals surface area contributed by atoms with Crippen molar-refractivity contribution in [3.63, 3.8) is 0 Å². The van der Waals surface area contributed by atoms with E-state index in [-0.39, 0.29) is 5.56 Å². The Morgan fingerprint density at radius 2 is 2.20 bits per heavy atom. The molecule has 0 amide bonds. The van der Waals surface area contributed by atoms with Crippen molar-refractivity contribution in [2.24, 2.45) is 0 Å². The molecule has 4 heteroatoms. The number of ether oxygens (including phenoxy) is 1. The molecule has 1 atom stereocenters. The Hall–Kier alpha value is -1.55. The molecular formula is C16H25NO3. The average Bonchev–Trinajstić information content (AvgIpc) is 2.44. The van der Waals surface area contributed by atoms with Crippen LogP contribution in [0, 0.1) is 0 Å². The van der Waals surface area contributed by atoms with E-state index < -0.39 is 5.97 Å². The van der Waals surface area contributed by atoms with Crippen molar-refractivity contribution in [2.75, 3.05) is 13.2 Å². The molecule has 1 unspecified atom stereocenters. The molecule has 0 radical (unpaired) electrons. The highest BCUT2D eigenvalue weighted by Gasteiger charge is 2.04. The number of nitrogens with one attached hydrogen (secondary N) is 1. The lowest BCUT2D eigenvalue weighted by atomic mass is 10.1. The third-order valence-corrected chi connectivity index (χ3v) is 3.19. The number of aromatic carboxylic acids is 1. The average molecular weight is 279 g/mol. The third kappa shape index (κ3) is 6.57. The van der Waals surface area contributed by atoms with Gasteiger partial charge in [-0.15, -0.1) is 0 Å². The molecule has 1 aromatic rings. The second kappa shape index (κ2) is 9.37. The molecule has 1 rings (SSSR count). The smallest absolute Gasteiger partial charge is 0.335 e. The summed E-state index contributed by atoms with van der Waals surface area (Å²) in [5.41, 5.74) is 0.253. The number of carboxylic acids is 1. The minimum absolute atomic E-state index is 0.253. The molecule has 0 saturated carbocycles. The zero-order valence-electron chi connectivity index (χ0n) is 12.4. The van der Waals surface area contributed by atoms with Crippen LogP contribution in [0.4, 0.5) is 0 Å². The molecule has 0 spiro atoms. The molecule has 4 nitrogen and oxygen atoms in total. The second-order valence-corrected chi connectivity index (χ2v) is 5.03. The zero-order valence-corrected chi connectivity index (χ0v) is 12.4. The van der Waals surface area contributed by atoms with Crippen LogP contribution in [0.3, 0.4) is 0 Å². The molecule has 112 valence electrons. The Labute approximate surface area is 121 Å². The lowest BCUT2D eigenvalue weighted by Gasteiger charge is -2.14. The molecule has 0 aliphatic carbocycles. The van der Waals surface area contributed by atoms with Gasteiger partial charge in [0, 0.05) is 12.6 Å². The summed E-state index contributed by atoms with van der Waals surface area (Å²) in [7, 11) is 0. The van der Waals surface area contributed by atoms with Crippen molar-refractivity contribution in [1.82, 2.24) is 5.32 Å². The highest BCUT2D eigenvalue weighted by molar-refractivity contribution is 5.87. The van der Waals surface area contributed by atoms with E-state index >= 15 is 0 Å². The summed E-state index contributed by atoms with van der Waals surface area (Å²) < 4.78 is 5.55. The van der Waals surface area contributed by atoms with E-state index in [1.54, 1.807) is 24.3 Å². The van der Waals surface area contributed by atoms with Crippen molar-refractivity contribution in [3.8, 4) is 5.75 Å². The lowest BCUT2D eigenvalue weighted by Crippen LogP contribution is -2.30. The van der Waals surface area contributed by atoms with Gasteiger partial charge in [0.05, 0.1) is 5.56 Å². The zero-order chi connectivity index (χ0) is 14.8. The molecule has 0 aromatic heterocycles. The van der Waals surface area contributed by atoms with Crippen LogP contribution in [0.5, 0.6) is 5.75 Å². The number of hydrogen-bond acceptors (Lipinski definition) is 3. The first-order valence-electron chi connectivity index (χ1n) is 7.33. The van der Waals surface area contributed by atoms with Crippen molar-refractivity contribution < 1.29 is 14.6 Å². The van der Waals surface area contributed by atoms with Crippen LogP contribution < -0.4 is 10.1 Å². The van der Waals surface area contributed by atoms with E-state index in [0.717, 1.165) is 6.54 Å². The maximum atomic E-state index is 10.8. The number of carbonyl (C=O) groups is 1. The lowest BCUT2D eigenvalue weighted by molar-refractivity contribution is 0.0696. The summed E-state index contributed by atoms with van der Waals surface area (Å²) in [6, 6.07) is 7.07. The van der Waals surface area contributed by atoms with Crippen molar-refractivity contribution in [2.45, 2.75) is 45.6 Å². The van der Waals surface area contributed by atoms with E-state index in [1.807, 2.05) is 0 Å². The summed E-state index contributed by atoms with van der Waals surface area (Å²) in [6.07, 6.45) is 4.97. The van der Waals surface area contributed by atoms with Gasteiger partial charge in [-0.05, 0) is 31.5 Å². The first kappa shape index (κ1) is 16.5. The topological polar surface area (TPSA) is 58.6 Å². The Balaban J connectivity index is 2.20. The summed E-state index contributed by atoms with van der Waals surface area (Å²) in [5.74, 6) is -0.330. The van der Waals surface area contributed by atoms with E-state index in [1.165, 1.54) is 25.7 Å². The quantitative estimate of drug-likeness (QED) is 0.645. The van der Waals surface area contributed by atoms with Crippen LogP contribution in [0.2, 0.25) is 0 Å². The SMILES string of the molecule is CCCCCC(C)NCCOc1cccc(C(=O)O)c1. The predicted octanol–water partition coefficient (Wildman–Crippen LogP) is 3.32. The molecule has 0 heterocycles. The van der Waals surface area contributed by atoms with E-state index in [2.05, 4.69) is 19.2 Å². The summed E-state index contributed by atoms with van der Waals surface area (Å²) >= 11 is 0. The molecular weight excluding hydrogens is 254 g/mol. The third-order valence-electron chi connectivity index (χ3n) is 3.19. The molecule has 0 aliphatic heterocycles. The first-order chi connectivity index (χ1) is 9.63. The van der Waals surface area contributed by atoms with Gasteiger partial charge in [-0.2, -0.15) is 0 Å². The Morgan fingerprint density at radius 3 is 2.90 bits per heavy atom. The monoisotopic (exact) mass is 279 g/mol. The fraction of sp³-hybridized carbons (Fsp3) is 0.562. The number of unbranched alkanes of at least 4 members (excludes halogenated alkanes) is 2. The van der Waals surface area contributed by atoms with Crippen LogP contribution in [-0.4, -0.2) is 30.3 Å². The maximum Gasteiger partial charge on any atom is 0.335 e. The second-order valence-electron chi connectivity index (χ2n) is 5.03. The van der Waals surface area contributed by atoms with Gasteiger partial charge >= 0.3 is 5.97 Å². The van der Waals surface area contributed by atoms with Gasteiger partial charge in [0.25, 0.3) is 0 Å². The van der Waals surface area contributed by atoms with Gasteiger partial charge in [0.1, 0.15) is 12.4 Å². The summed E-state index contributed by atoms with van der Waals surface area (Å²) in [5, 5.41) is 12.3. The fourth-order valence-corrected chi connectivity index (χ4v) is 2.00. The molecule has 0 bridgehead atoms. The van der Waals surface area contributed by atoms with Crippen LogP contribution in [0.25, 0.3) is 0 Å². The van der Waals surface area contributed by atoms with Crippen LogP contribution in [-0.2, 0) is 0 Å². The number of carboxylic acid groups (broad SMARTS) is 1. The standard InChI is InChI=1S/C16H25NO3/c1-3-4-5-7-13(2)17-10-11-20-15-9-6-8-14(12-15)16(18)19/h6,8-9,12-13,17H,3-5,7,10-11H2,1-2H3,(H,18,19). The minimum Gasteiger partial charge on any atom is -0.492 e. The molecule has 2 N–H and O–H groups in total. The van der Waals surface area contributed by atoms with Crippen LogP contribution in [0.15, 0.2) is 24.3 Å². The van der Waals surface area contributed by atoms with Crippen LogP contribution in [0.1, 0.15) is 49.9 Å². The van der Waals surface area contributed by atoms with Crippen LogP contribution >= 0.6 is 0 Å². The maximum absolute atomic E-state index is 10.8. The molecule has 20 heavy (non-hydrogen) atoms. The van der Waals surface area contributed by atoms with Crippen molar-refractivity contribution in [3.05, 3.63) is 29.8 Å². The largest absolute Gasteiger partial charge is 0.492 e. The normalized spacial score (nSPS) is 12.1. The van der Waals surface area contributed by atoms with Crippen molar-refractivity contribution in [1.29, 1.82) is 0 Å². The molecule has 1 aromatic carbocycles.